The monoisotopic (exact) mass is 448 g/mol. The molecule has 0 spiro atoms. The summed E-state index contributed by atoms with van der Waals surface area (Å²) in [6.45, 7) is 4.19. The van der Waals surface area contributed by atoms with Crippen molar-refractivity contribution in [3.8, 4) is 11.5 Å². The number of benzene rings is 2. The van der Waals surface area contributed by atoms with Gasteiger partial charge >= 0.3 is 12.4 Å². The molecule has 3 nitrogen and oxygen atoms in total. The Morgan fingerprint density at radius 3 is 2.19 bits per heavy atom. The third-order valence-electron chi connectivity index (χ3n) is 4.50. The van der Waals surface area contributed by atoms with Crippen LogP contribution in [0.25, 0.3) is 6.08 Å². The first-order valence-electron chi connectivity index (χ1n) is 9.30. The molecule has 0 heterocycles. The van der Waals surface area contributed by atoms with E-state index in [-0.39, 0.29) is 17.7 Å². The lowest BCUT2D eigenvalue weighted by Crippen LogP contribution is -2.56. The topological polar surface area (TPSA) is 27.7 Å². The number of aryl methyl sites for hydroxylation is 1. The van der Waals surface area contributed by atoms with E-state index < -0.39 is 30.3 Å². The molecular weight excluding hydrogens is 426 g/mol. The van der Waals surface area contributed by atoms with Gasteiger partial charge in [-0.2, -0.15) is 26.3 Å². The van der Waals surface area contributed by atoms with Crippen LogP contribution < -0.4 is 4.74 Å². The summed E-state index contributed by atoms with van der Waals surface area (Å²) in [4.78, 5) is 0. The van der Waals surface area contributed by atoms with Crippen LogP contribution in [0.4, 0.5) is 26.3 Å². The largest absolute Gasteiger partial charge is 0.457 e. The number of hydrogen-bond acceptors (Lipinski definition) is 3. The number of rotatable bonds is 9. The summed E-state index contributed by atoms with van der Waals surface area (Å²) < 4.78 is 97.1. The molecular formula is C22H22F6O3. The van der Waals surface area contributed by atoms with E-state index in [1.807, 2.05) is 0 Å². The summed E-state index contributed by atoms with van der Waals surface area (Å²) >= 11 is 0. The predicted molar refractivity (Wildman–Crippen MR) is 104 cm³/mol. The van der Waals surface area contributed by atoms with Gasteiger partial charge in [-0.1, -0.05) is 44.2 Å². The zero-order chi connectivity index (χ0) is 23.3. The van der Waals surface area contributed by atoms with Crippen molar-refractivity contribution in [1.82, 2.24) is 0 Å². The lowest BCUT2D eigenvalue weighted by Gasteiger charge is -2.37. The fraction of sp³-hybridized carbons (Fsp3) is 0.364. The van der Waals surface area contributed by atoms with Crippen LogP contribution in [0.3, 0.4) is 0 Å². The van der Waals surface area contributed by atoms with Gasteiger partial charge in [-0.3, -0.25) is 0 Å². The quantitative estimate of drug-likeness (QED) is 0.305. The van der Waals surface area contributed by atoms with Crippen molar-refractivity contribution in [2.45, 2.75) is 37.7 Å². The van der Waals surface area contributed by atoms with Crippen molar-refractivity contribution in [3.05, 3.63) is 65.7 Å². The van der Waals surface area contributed by atoms with E-state index in [9.17, 15) is 26.3 Å². The third kappa shape index (κ3) is 5.22. The van der Waals surface area contributed by atoms with Gasteiger partial charge < -0.3 is 14.2 Å². The van der Waals surface area contributed by atoms with E-state index in [0.29, 0.717) is 18.2 Å². The molecule has 0 atom stereocenters. The first-order valence-corrected chi connectivity index (χ1v) is 9.30. The Morgan fingerprint density at radius 1 is 0.968 bits per heavy atom. The van der Waals surface area contributed by atoms with Gasteiger partial charge in [0.2, 0.25) is 0 Å². The lowest BCUT2D eigenvalue weighted by molar-refractivity contribution is -0.400. The molecule has 0 unspecified atom stereocenters. The molecule has 0 aliphatic carbocycles. The van der Waals surface area contributed by atoms with Crippen molar-refractivity contribution in [1.29, 1.82) is 0 Å². The molecule has 0 amide bonds. The van der Waals surface area contributed by atoms with E-state index in [2.05, 4.69) is 16.1 Å². The summed E-state index contributed by atoms with van der Waals surface area (Å²) in [6.07, 6.45) is -9.32. The van der Waals surface area contributed by atoms with Gasteiger partial charge in [0.25, 0.3) is 5.60 Å². The first kappa shape index (κ1) is 24.7. The molecule has 0 saturated heterocycles. The van der Waals surface area contributed by atoms with Gasteiger partial charge in [-0.25, -0.2) is 0 Å². The third-order valence-corrected chi connectivity index (χ3v) is 4.50. The Bertz CT molecular complexity index is 876. The smallest absolute Gasteiger partial charge is 0.430 e. The van der Waals surface area contributed by atoms with Crippen LogP contribution in [-0.4, -0.2) is 26.3 Å². The molecule has 0 aliphatic heterocycles. The van der Waals surface area contributed by atoms with Crippen molar-refractivity contribution < 1.29 is 40.6 Å². The van der Waals surface area contributed by atoms with E-state index in [4.69, 9.17) is 4.74 Å². The number of alkyl halides is 6. The number of ether oxygens (including phenoxy) is 3. The lowest BCUT2D eigenvalue weighted by atomic mass is 9.89. The molecule has 170 valence electrons. The highest BCUT2D eigenvalue weighted by atomic mass is 19.4. The van der Waals surface area contributed by atoms with E-state index in [1.54, 1.807) is 37.3 Å². The van der Waals surface area contributed by atoms with Gasteiger partial charge in [-0.15, -0.1) is 0 Å². The number of methoxy groups -OCH3 is 1. The SMILES string of the molecule is C=Cc1cccc(Oc2ccc(C(OCOC)(C(F)(F)F)C(F)(F)F)cc2CCC)c1. The van der Waals surface area contributed by atoms with Gasteiger partial charge in [-0.05, 0) is 41.8 Å². The molecule has 0 aromatic heterocycles. The Balaban J connectivity index is 2.61. The van der Waals surface area contributed by atoms with Crippen LogP contribution in [0, 0.1) is 0 Å². The molecule has 0 radical (unpaired) electrons. The Kier molecular flexibility index (Phi) is 7.77. The van der Waals surface area contributed by atoms with Gasteiger partial charge in [0, 0.05) is 12.7 Å². The minimum Gasteiger partial charge on any atom is -0.457 e. The number of hydrogen-bond donors (Lipinski definition) is 0. The van der Waals surface area contributed by atoms with Gasteiger partial charge in [0.15, 0.2) is 0 Å². The normalized spacial score (nSPS) is 12.6. The Hall–Kier alpha value is -2.52. The zero-order valence-corrected chi connectivity index (χ0v) is 16.9. The molecule has 9 heteroatoms. The summed E-state index contributed by atoms with van der Waals surface area (Å²) in [5, 5.41) is 0. The van der Waals surface area contributed by atoms with Crippen LogP contribution in [0.2, 0.25) is 0 Å². The first-order chi connectivity index (χ1) is 14.5. The summed E-state index contributed by atoms with van der Waals surface area (Å²) in [5.74, 6) is 0.521. The zero-order valence-electron chi connectivity index (χ0n) is 16.9. The van der Waals surface area contributed by atoms with E-state index >= 15 is 0 Å². The minimum atomic E-state index is -5.78. The number of halogens is 6. The van der Waals surface area contributed by atoms with Gasteiger partial charge in [0.1, 0.15) is 18.3 Å². The highest BCUT2D eigenvalue weighted by Gasteiger charge is 2.73. The molecule has 2 aromatic rings. The van der Waals surface area contributed by atoms with Crippen LogP contribution in [-0.2, 0) is 21.5 Å². The highest BCUT2D eigenvalue weighted by molar-refractivity contribution is 5.51. The van der Waals surface area contributed by atoms with Crippen LogP contribution >= 0.6 is 0 Å². The van der Waals surface area contributed by atoms with Crippen molar-refractivity contribution in [3.63, 3.8) is 0 Å². The van der Waals surface area contributed by atoms with Crippen molar-refractivity contribution >= 4 is 6.08 Å². The molecule has 0 N–H and O–H groups in total. The second-order valence-corrected chi connectivity index (χ2v) is 6.68. The van der Waals surface area contributed by atoms with Gasteiger partial charge in [0.05, 0.1) is 0 Å². The van der Waals surface area contributed by atoms with E-state index in [0.717, 1.165) is 24.8 Å². The Morgan fingerprint density at radius 2 is 1.65 bits per heavy atom. The second-order valence-electron chi connectivity index (χ2n) is 6.68. The average Bonchev–Trinajstić information content (AvgIpc) is 2.68. The fourth-order valence-electron chi connectivity index (χ4n) is 3.08. The summed E-state index contributed by atoms with van der Waals surface area (Å²) in [6, 6.07) is 9.35. The minimum absolute atomic E-state index is 0.150. The second kappa shape index (κ2) is 9.74. The molecule has 0 saturated carbocycles. The van der Waals surface area contributed by atoms with E-state index in [1.165, 1.54) is 0 Å². The van der Waals surface area contributed by atoms with Crippen LogP contribution in [0.15, 0.2) is 49.0 Å². The molecule has 0 bridgehead atoms. The molecule has 2 aromatic carbocycles. The summed E-state index contributed by atoms with van der Waals surface area (Å²) in [5.41, 5.74) is -4.71. The summed E-state index contributed by atoms with van der Waals surface area (Å²) in [7, 11) is 0.939. The van der Waals surface area contributed by atoms with Crippen molar-refractivity contribution in [2.75, 3.05) is 13.9 Å². The highest BCUT2D eigenvalue weighted by Crippen LogP contribution is 2.53. The van der Waals surface area contributed by atoms with Crippen LogP contribution in [0.1, 0.15) is 30.0 Å². The standard InChI is InChI=1S/C22H22F6O3/c1-4-7-16-13-17(20(21(23,24)25,22(26,27)28)30-14-29-3)10-11-19(16)31-18-9-6-8-15(5-2)12-18/h5-6,8-13H,2,4,7,14H2,1,3H3. The molecule has 0 fully saturated rings. The maximum Gasteiger partial charge on any atom is 0.430 e. The average molecular weight is 448 g/mol. The molecule has 2 rings (SSSR count). The van der Waals surface area contributed by atoms with Crippen LogP contribution in [0.5, 0.6) is 11.5 Å². The predicted octanol–water partition coefficient (Wildman–Crippen LogP) is 7.01. The molecule has 0 aliphatic rings. The fourth-order valence-corrected chi connectivity index (χ4v) is 3.08. The van der Waals surface area contributed by atoms with Crippen molar-refractivity contribution in [2.24, 2.45) is 0 Å². The molecule has 31 heavy (non-hydrogen) atoms. The maximum atomic E-state index is 13.8. The maximum absolute atomic E-state index is 13.8. The Labute approximate surface area is 176 Å².